The summed E-state index contributed by atoms with van der Waals surface area (Å²) in [6.45, 7) is 13.7. The van der Waals surface area contributed by atoms with E-state index in [0.717, 1.165) is 48.9 Å². The van der Waals surface area contributed by atoms with Crippen molar-refractivity contribution in [1.82, 2.24) is 15.3 Å². The van der Waals surface area contributed by atoms with Gasteiger partial charge in [-0.05, 0) is 63.2 Å². The van der Waals surface area contributed by atoms with E-state index in [1.54, 1.807) is 32.4 Å². The van der Waals surface area contributed by atoms with Gasteiger partial charge in [0, 0.05) is 24.6 Å². The maximum atomic E-state index is 10.8. The summed E-state index contributed by atoms with van der Waals surface area (Å²) >= 11 is 0. The Morgan fingerprint density at radius 2 is 1.87 bits per heavy atom. The summed E-state index contributed by atoms with van der Waals surface area (Å²) in [5, 5.41) is 14.4. The zero-order valence-electron chi connectivity index (χ0n) is 23.7. The lowest BCUT2D eigenvalue weighted by molar-refractivity contribution is -0.142. The fourth-order valence-electron chi connectivity index (χ4n) is 3.96. The van der Waals surface area contributed by atoms with E-state index in [9.17, 15) is 9.59 Å². The van der Waals surface area contributed by atoms with Crippen LogP contribution in [0.5, 0.6) is 0 Å². The number of hydrogen-bond acceptors (Lipinski definition) is 7. The van der Waals surface area contributed by atoms with Crippen molar-refractivity contribution in [3.8, 4) is 0 Å². The molecule has 1 heterocycles. The first kappa shape index (κ1) is 32.3. The predicted octanol–water partition coefficient (Wildman–Crippen LogP) is 5.15. The van der Waals surface area contributed by atoms with Crippen LogP contribution in [0.25, 0.3) is 0 Å². The Bertz CT molecular complexity index is 1080. The molecular weight excluding hydrogens is 480 g/mol. The Morgan fingerprint density at radius 3 is 2.34 bits per heavy atom. The maximum Gasteiger partial charge on any atom is 0.306 e. The number of nitrogens with one attached hydrogen (secondary N) is 2. The number of aromatic nitrogens is 2. The molecule has 0 saturated heterocycles. The number of anilines is 1. The van der Waals surface area contributed by atoms with Crippen molar-refractivity contribution in [2.45, 2.75) is 73.1 Å². The summed E-state index contributed by atoms with van der Waals surface area (Å²) in [6.07, 6.45) is 13.8. The first-order chi connectivity index (χ1) is 18.0. The number of carboxylic acids is 1. The average Bonchev–Trinajstić information content (AvgIpc) is 2.86. The van der Waals surface area contributed by atoms with Crippen LogP contribution in [0, 0.1) is 11.8 Å². The second-order valence-corrected chi connectivity index (χ2v) is 9.89. The highest BCUT2D eigenvalue weighted by Gasteiger charge is 2.19. The minimum Gasteiger partial charge on any atom is -0.481 e. The van der Waals surface area contributed by atoms with E-state index >= 15 is 0 Å². The van der Waals surface area contributed by atoms with Crippen LogP contribution in [0.1, 0.15) is 72.4 Å². The van der Waals surface area contributed by atoms with Crippen LogP contribution in [-0.2, 0) is 16.0 Å². The van der Waals surface area contributed by atoms with Crippen molar-refractivity contribution < 1.29 is 14.7 Å². The van der Waals surface area contributed by atoms with E-state index in [-0.39, 0.29) is 5.92 Å². The van der Waals surface area contributed by atoms with Gasteiger partial charge in [0.2, 0.25) is 6.41 Å². The first-order valence-electron chi connectivity index (χ1n) is 13.0. The van der Waals surface area contributed by atoms with E-state index in [4.69, 9.17) is 10.8 Å². The lowest BCUT2D eigenvalue weighted by Gasteiger charge is -2.16. The van der Waals surface area contributed by atoms with Crippen LogP contribution >= 0.6 is 0 Å². The number of aliphatic carboxylic acids is 1. The molecule has 1 amide bonds. The fourth-order valence-corrected chi connectivity index (χ4v) is 3.96. The Morgan fingerprint density at radius 1 is 1.21 bits per heavy atom. The molecule has 0 unspecified atom stereocenters. The van der Waals surface area contributed by atoms with Crippen LogP contribution in [0.4, 0.5) is 5.82 Å². The molecule has 208 valence electrons. The fraction of sp³-hybridized carbons (Fsp3) is 0.483. The largest absolute Gasteiger partial charge is 0.481 e. The molecule has 38 heavy (non-hydrogen) atoms. The van der Waals surface area contributed by atoms with Gasteiger partial charge < -0.3 is 21.5 Å². The lowest BCUT2D eigenvalue weighted by atomic mass is 9.90. The number of hydrogen-bond donors (Lipinski definition) is 4. The molecule has 0 bridgehead atoms. The van der Waals surface area contributed by atoms with E-state index in [1.807, 2.05) is 19.9 Å². The molecule has 1 aromatic heterocycles. The summed E-state index contributed by atoms with van der Waals surface area (Å²) in [7, 11) is 1.70. The van der Waals surface area contributed by atoms with Crippen LogP contribution < -0.4 is 16.4 Å². The molecule has 0 aliphatic heterocycles. The molecule has 0 atom stereocenters. The predicted molar refractivity (Wildman–Crippen MR) is 155 cm³/mol. The topological polar surface area (TPSA) is 143 Å². The Kier molecular flexibility index (Phi) is 14.3. The molecule has 0 radical (unpaired) electrons. The van der Waals surface area contributed by atoms with Gasteiger partial charge in [-0.15, -0.1) is 0 Å². The molecule has 9 heteroatoms. The third-order valence-corrected chi connectivity index (χ3v) is 5.91. The lowest BCUT2D eigenvalue weighted by Crippen LogP contribution is -2.19. The van der Waals surface area contributed by atoms with E-state index in [0.29, 0.717) is 40.9 Å². The molecule has 0 spiro atoms. The maximum absolute atomic E-state index is 10.8. The van der Waals surface area contributed by atoms with Gasteiger partial charge in [-0.25, -0.2) is 4.98 Å². The Balaban J connectivity index is 0.000000671. The highest BCUT2D eigenvalue weighted by Crippen LogP contribution is 2.23. The normalized spacial score (nSPS) is 15.7. The molecule has 1 aliphatic rings. The second kappa shape index (κ2) is 16.9. The van der Waals surface area contributed by atoms with Gasteiger partial charge in [-0.3, -0.25) is 19.6 Å². The quantitative estimate of drug-likeness (QED) is 0.178. The minimum atomic E-state index is -0.602. The van der Waals surface area contributed by atoms with Crippen molar-refractivity contribution in [1.29, 1.82) is 0 Å². The van der Waals surface area contributed by atoms with Gasteiger partial charge in [0.15, 0.2) is 0 Å². The third-order valence-electron chi connectivity index (χ3n) is 5.91. The number of nitrogens with two attached hydrogens (primary N) is 1. The van der Waals surface area contributed by atoms with E-state index < -0.39 is 5.97 Å². The van der Waals surface area contributed by atoms with E-state index in [1.165, 1.54) is 6.42 Å². The summed E-state index contributed by atoms with van der Waals surface area (Å²) < 4.78 is 0. The van der Waals surface area contributed by atoms with Crippen LogP contribution in [0.2, 0.25) is 0 Å². The zero-order chi connectivity index (χ0) is 28.7. The number of allylic oxidation sites excluding steroid dienone is 5. The molecule has 2 rings (SSSR count). The first-order valence-corrected chi connectivity index (χ1v) is 13.0. The van der Waals surface area contributed by atoms with Crippen LogP contribution in [-0.4, -0.2) is 40.2 Å². The van der Waals surface area contributed by atoms with Gasteiger partial charge in [-0.2, -0.15) is 0 Å². The number of carbonyl (C=O) groups excluding carboxylic acids is 1. The number of rotatable bonds is 11. The molecule has 1 saturated carbocycles. The van der Waals surface area contributed by atoms with Crippen LogP contribution in [0.3, 0.4) is 0 Å². The van der Waals surface area contributed by atoms with Gasteiger partial charge >= 0.3 is 5.97 Å². The number of carbonyl (C=O) groups is 2. The molecule has 0 aromatic carbocycles. The zero-order valence-corrected chi connectivity index (χ0v) is 23.7. The summed E-state index contributed by atoms with van der Waals surface area (Å²) in [5.41, 5.74) is 11.2. The van der Waals surface area contributed by atoms with Gasteiger partial charge in [0.25, 0.3) is 0 Å². The van der Waals surface area contributed by atoms with Gasteiger partial charge in [-0.1, -0.05) is 45.8 Å². The smallest absolute Gasteiger partial charge is 0.306 e. The Hall–Kier alpha value is -3.75. The number of nitrogens with zero attached hydrogens (tertiary/aromatic N) is 3. The van der Waals surface area contributed by atoms with Crippen molar-refractivity contribution >= 4 is 23.9 Å². The molecule has 1 aromatic rings. The molecule has 1 fully saturated rings. The minimum absolute atomic E-state index is 0.0289. The van der Waals surface area contributed by atoms with Crippen LogP contribution in [0.15, 0.2) is 64.4 Å². The monoisotopic (exact) mass is 524 g/mol. The highest BCUT2D eigenvalue weighted by molar-refractivity contribution is 6.14. The van der Waals surface area contributed by atoms with Crippen molar-refractivity contribution in [2.75, 3.05) is 12.4 Å². The molecular formula is C29H44N6O3. The second-order valence-electron chi connectivity index (χ2n) is 9.89. The number of amides is 1. The Labute approximate surface area is 227 Å². The number of carboxylic acid groups (broad SMARTS) is 1. The average molecular weight is 525 g/mol. The highest BCUT2D eigenvalue weighted by atomic mass is 16.4. The van der Waals surface area contributed by atoms with Crippen molar-refractivity contribution in [3.05, 3.63) is 65.1 Å². The molecule has 1 aliphatic carbocycles. The third kappa shape index (κ3) is 11.5. The van der Waals surface area contributed by atoms with E-state index in [2.05, 4.69) is 46.0 Å². The standard InChI is InChI=1S/C22H32N6O.C7H12O2/c1-14(2)10-18-11-25-12-20(27-18)28-22(17(6)23)21(24-7)16(5)8-9-19(15(3)4)26-13-29;8-7(9)6-4-2-1-3-5-6/h8-9,11-14H,3,10,23H2,1-2,4-7H3,(H,26,29)(H,27,28);6H,1-5H2,(H,8,9)/b16-8+,19-9+,22-17+,24-21?;. The van der Waals surface area contributed by atoms with Gasteiger partial charge in [0.1, 0.15) is 5.82 Å². The van der Waals surface area contributed by atoms with Crippen molar-refractivity contribution in [3.63, 3.8) is 0 Å². The molecule has 5 N–H and O–H groups in total. The summed E-state index contributed by atoms with van der Waals surface area (Å²) in [6, 6.07) is 0. The number of aliphatic imine (C=N–C) groups is 1. The molecule has 9 nitrogen and oxygen atoms in total. The van der Waals surface area contributed by atoms with Crippen molar-refractivity contribution in [2.24, 2.45) is 22.6 Å². The summed E-state index contributed by atoms with van der Waals surface area (Å²) in [5.74, 6) is 0.462. The SMILES string of the molecule is C=C(C)/C(=C\C=C(/C)C(=NC)/C(Nc1cncc(CC(C)C)n1)=C(/C)N)NC=O.O=C(O)C1CCCCC1. The van der Waals surface area contributed by atoms with Gasteiger partial charge in [0.05, 0.1) is 29.2 Å². The summed E-state index contributed by atoms with van der Waals surface area (Å²) in [4.78, 5) is 34.4.